The van der Waals surface area contributed by atoms with Crippen LogP contribution in [0.1, 0.15) is 5.56 Å². The summed E-state index contributed by atoms with van der Waals surface area (Å²) in [7, 11) is 0. The van der Waals surface area contributed by atoms with Gasteiger partial charge in [0.1, 0.15) is 17.2 Å². The second kappa shape index (κ2) is 6.88. The Morgan fingerprint density at radius 1 is 1.19 bits per heavy atom. The predicted molar refractivity (Wildman–Crippen MR) is 99.6 cm³/mol. The van der Waals surface area contributed by atoms with E-state index in [0.29, 0.717) is 22.5 Å². The fourth-order valence-electron chi connectivity index (χ4n) is 2.92. The first kappa shape index (κ1) is 17.3. The Bertz CT molecular complexity index is 1010. The van der Waals surface area contributed by atoms with Crippen LogP contribution in [0.2, 0.25) is 0 Å². The van der Waals surface area contributed by atoms with Gasteiger partial charge in [-0.15, -0.1) is 0 Å². The second-order valence-electron chi connectivity index (χ2n) is 5.92. The Hall–Kier alpha value is -3.13. The van der Waals surface area contributed by atoms with Crippen LogP contribution in [0.15, 0.2) is 76.2 Å². The van der Waals surface area contributed by atoms with E-state index in [-0.39, 0.29) is 17.2 Å². The van der Waals surface area contributed by atoms with Crippen LogP contribution in [-0.4, -0.2) is 16.8 Å². The number of benzene rings is 2. The third-order valence-corrected chi connectivity index (χ3v) is 4.88. The summed E-state index contributed by atoms with van der Waals surface area (Å²) >= 11 is 3.34. The molecule has 0 radical (unpaired) electrons. The summed E-state index contributed by atoms with van der Waals surface area (Å²) in [6.45, 7) is 0.320. The topological polar surface area (TPSA) is 90.7 Å². The third kappa shape index (κ3) is 3.19. The van der Waals surface area contributed by atoms with E-state index < -0.39 is 16.8 Å². The summed E-state index contributed by atoms with van der Waals surface area (Å²) < 4.78 is 12.1. The summed E-state index contributed by atoms with van der Waals surface area (Å²) in [5, 5.41) is 14.6. The van der Waals surface area contributed by atoms with Crippen LogP contribution in [0.25, 0.3) is 0 Å². The lowest BCUT2D eigenvalue weighted by molar-refractivity contribution is -0.421. The van der Waals surface area contributed by atoms with Crippen molar-refractivity contribution in [3.05, 3.63) is 91.9 Å². The molecule has 136 valence electrons. The van der Waals surface area contributed by atoms with Gasteiger partial charge in [0.15, 0.2) is 5.76 Å². The number of nitrogens with zero attached hydrogens (tertiary/aromatic N) is 1. The average Bonchev–Trinajstić information content (AvgIpc) is 2.85. The number of hydrogen-bond acceptors (Lipinski definition) is 6. The molecule has 7 nitrogen and oxygen atoms in total. The highest BCUT2D eigenvalue weighted by Crippen LogP contribution is 2.33. The highest BCUT2D eigenvalue weighted by atomic mass is 79.9. The third-order valence-electron chi connectivity index (χ3n) is 4.23. The Labute approximate surface area is 162 Å². The number of fused-ring (bicyclic) bond motifs is 2. The maximum atomic E-state index is 13.0. The molecule has 2 aromatic carbocycles. The lowest BCUT2D eigenvalue weighted by Crippen LogP contribution is -2.40. The van der Waals surface area contributed by atoms with Crippen LogP contribution in [0, 0.1) is 10.1 Å². The number of rotatable bonds is 3. The summed E-state index contributed by atoms with van der Waals surface area (Å²) in [4.78, 5) is 24.0. The van der Waals surface area contributed by atoms with E-state index in [1.54, 1.807) is 36.4 Å². The van der Waals surface area contributed by atoms with Gasteiger partial charge in [-0.1, -0.05) is 30.3 Å². The number of ketones is 1. The highest BCUT2D eigenvalue weighted by Gasteiger charge is 2.41. The minimum absolute atomic E-state index is 0.126. The molecule has 27 heavy (non-hydrogen) atoms. The molecule has 2 aliphatic rings. The Morgan fingerprint density at radius 3 is 2.70 bits per heavy atom. The van der Waals surface area contributed by atoms with Gasteiger partial charge in [-0.3, -0.25) is 14.9 Å². The smallest absolute Gasteiger partial charge is 0.296 e. The van der Waals surface area contributed by atoms with Crippen molar-refractivity contribution >= 4 is 21.7 Å². The fourth-order valence-corrected chi connectivity index (χ4v) is 3.29. The van der Waals surface area contributed by atoms with Gasteiger partial charge < -0.3 is 14.8 Å². The summed E-state index contributed by atoms with van der Waals surface area (Å²) in [6.07, 6.45) is -0.0310. The molecule has 4 rings (SSSR count). The molecule has 1 atom stereocenters. The van der Waals surface area contributed by atoms with Crippen molar-refractivity contribution in [2.24, 2.45) is 0 Å². The molecule has 2 aromatic rings. The molecule has 0 saturated carbocycles. The molecule has 1 N–H and O–H groups in total. The van der Waals surface area contributed by atoms with Crippen molar-refractivity contribution in [1.82, 2.24) is 5.32 Å². The zero-order valence-corrected chi connectivity index (χ0v) is 15.4. The van der Waals surface area contributed by atoms with Crippen molar-refractivity contribution < 1.29 is 19.2 Å². The molecule has 0 bridgehead atoms. The zero-order chi connectivity index (χ0) is 19.0. The van der Waals surface area contributed by atoms with Gasteiger partial charge in [-0.05, 0) is 34.1 Å². The standard InChI is InChI=1S/C19H13BrN2O5/c20-12-6-2-4-8-15(12)26-16-9-13(22(24)25)17-19(18(16)23)27-14-7-3-1-5-11(14)10-21-17/h1-9,19,21H,10H2. The van der Waals surface area contributed by atoms with Gasteiger partial charge >= 0.3 is 0 Å². The van der Waals surface area contributed by atoms with E-state index in [1.807, 2.05) is 12.1 Å². The monoisotopic (exact) mass is 428 g/mol. The Morgan fingerprint density at radius 2 is 1.93 bits per heavy atom. The number of para-hydroxylation sites is 2. The number of carbonyl (C=O) groups is 1. The summed E-state index contributed by atoms with van der Waals surface area (Å²) in [5.74, 6) is 0.243. The minimum atomic E-state index is -1.17. The molecule has 0 aromatic heterocycles. The maximum Gasteiger partial charge on any atom is 0.296 e. The number of carbonyl (C=O) groups excluding carboxylic acids is 1. The average molecular weight is 429 g/mol. The van der Waals surface area contributed by atoms with E-state index in [1.165, 1.54) is 0 Å². The van der Waals surface area contributed by atoms with Gasteiger partial charge in [-0.2, -0.15) is 0 Å². The molecule has 0 spiro atoms. The molecule has 0 amide bonds. The number of nitrogens with one attached hydrogen (secondary N) is 1. The molecule has 1 aliphatic carbocycles. The van der Waals surface area contributed by atoms with E-state index >= 15 is 0 Å². The zero-order valence-electron chi connectivity index (χ0n) is 13.8. The maximum absolute atomic E-state index is 13.0. The molecule has 8 heteroatoms. The van der Waals surface area contributed by atoms with Crippen LogP contribution in [0.4, 0.5) is 0 Å². The lowest BCUT2D eigenvalue weighted by atomic mass is 10.0. The van der Waals surface area contributed by atoms with Crippen molar-refractivity contribution in [3.8, 4) is 11.5 Å². The van der Waals surface area contributed by atoms with Crippen molar-refractivity contribution in [2.45, 2.75) is 12.6 Å². The van der Waals surface area contributed by atoms with E-state index in [0.717, 1.165) is 11.6 Å². The normalized spacial score (nSPS) is 18.3. The van der Waals surface area contributed by atoms with Crippen molar-refractivity contribution in [2.75, 3.05) is 0 Å². The summed E-state index contributed by atoms with van der Waals surface area (Å²) in [6, 6.07) is 14.1. The number of halogens is 1. The van der Waals surface area contributed by atoms with Gasteiger partial charge in [0.25, 0.3) is 5.70 Å². The first-order valence-corrected chi connectivity index (χ1v) is 8.89. The predicted octanol–water partition coefficient (Wildman–Crippen LogP) is 3.33. The number of allylic oxidation sites excluding steroid dienone is 1. The van der Waals surface area contributed by atoms with Crippen molar-refractivity contribution in [3.63, 3.8) is 0 Å². The Kier molecular flexibility index (Phi) is 4.41. The number of hydrogen-bond donors (Lipinski definition) is 1. The van der Waals surface area contributed by atoms with E-state index in [4.69, 9.17) is 9.47 Å². The molecular formula is C19H13BrN2O5. The van der Waals surface area contributed by atoms with Crippen LogP contribution < -0.4 is 14.8 Å². The molecule has 1 heterocycles. The van der Waals surface area contributed by atoms with Gasteiger partial charge in [0, 0.05) is 12.1 Å². The second-order valence-corrected chi connectivity index (χ2v) is 6.77. The van der Waals surface area contributed by atoms with Gasteiger partial charge in [0.2, 0.25) is 11.9 Å². The van der Waals surface area contributed by atoms with Crippen molar-refractivity contribution in [1.29, 1.82) is 0 Å². The molecule has 0 fully saturated rings. The number of ether oxygens (including phenoxy) is 2. The number of Topliss-reactive ketones (excluding diaryl/α,β-unsaturated/α-hetero) is 1. The van der Waals surface area contributed by atoms with E-state index in [2.05, 4.69) is 21.2 Å². The summed E-state index contributed by atoms with van der Waals surface area (Å²) in [5.41, 5.74) is 0.679. The van der Waals surface area contributed by atoms with Crippen LogP contribution in [0.5, 0.6) is 11.5 Å². The Balaban J connectivity index is 1.76. The van der Waals surface area contributed by atoms with Gasteiger partial charge in [-0.25, -0.2) is 0 Å². The first-order valence-electron chi connectivity index (χ1n) is 8.10. The highest BCUT2D eigenvalue weighted by molar-refractivity contribution is 9.10. The largest absolute Gasteiger partial charge is 0.475 e. The fraction of sp³-hybridized carbons (Fsp3) is 0.105. The molecule has 1 unspecified atom stereocenters. The van der Waals surface area contributed by atoms with Crippen LogP contribution in [0.3, 0.4) is 0 Å². The first-order chi connectivity index (χ1) is 13.0. The van der Waals surface area contributed by atoms with Gasteiger partial charge in [0.05, 0.1) is 15.5 Å². The van der Waals surface area contributed by atoms with Crippen LogP contribution >= 0.6 is 15.9 Å². The SMILES string of the molecule is O=C1C(Oc2ccccc2Br)=CC([N+](=O)[O-])=C2NCc3ccccc3OC12. The number of nitro groups is 1. The quantitative estimate of drug-likeness (QED) is 0.595. The molecule has 1 aliphatic heterocycles. The van der Waals surface area contributed by atoms with E-state index in [9.17, 15) is 14.9 Å². The molecule has 0 saturated heterocycles. The van der Waals surface area contributed by atoms with Crippen LogP contribution in [-0.2, 0) is 11.3 Å². The lowest BCUT2D eigenvalue weighted by Gasteiger charge is -2.23. The molecular weight excluding hydrogens is 416 g/mol. The minimum Gasteiger partial charge on any atom is -0.475 e.